The molecule has 0 aromatic heterocycles. The largest absolute Gasteiger partial charge is 0.493 e. The van der Waals surface area contributed by atoms with Gasteiger partial charge in [-0.05, 0) is 36.2 Å². The number of methoxy groups -OCH3 is 4. The van der Waals surface area contributed by atoms with Crippen molar-refractivity contribution in [3.8, 4) is 23.0 Å². The quantitative estimate of drug-likeness (QED) is 0.585. The van der Waals surface area contributed by atoms with Crippen LogP contribution in [0, 0.1) is 0 Å². The zero-order valence-corrected chi connectivity index (χ0v) is 19.4. The second-order valence-corrected chi connectivity index (χ2v) is 7.79. The maximum atomic E-state index is 13.1. The summed E-state index contributed by atoms with van der Waals surface area (Å²) >= 11 is 0. The normalized spacial score (nSPS) is 18.9. The summed E-state index contributed by atoms with van der Waals surface area (Å²) in [4.78, 5) is 39.8. The topological polar surface area (TPSA) is 113 Å². The number of carbonyl (C=O) groups is 3. The summed E-state index contributed by atoms with van der Waals surface area (Å²) in [6, 6.07) is 7.83. The third-order valence-electron chi connectivity index (χ3n) is 5.99. The summed E-state index contributed by atoms with van der Waals surface area (Å²) in [5.74, 6) is 0.478. The first-order valence-electron chi connectivity index (χ1n) is 10.7. The molecule has 0 bridgehead atoms. The van der Waals surface area contributed by atoms with Gasteiger partial charge in [-0.3, -0.25) is 14.5 Å². The summed E-state index contributed by atoms with van der Waals surface area (Å²) in [6.45, 7) is 0.226. The van der Waals surface area contributed by atoms with E-state index in [-0.39, 0.29) is 36.1 Å². The Morgan fingerprint density at radius 3 is 2.38 bits per heavy atom. The van der Waals surface area contributed by atoms with E-state index in [4.69, 9.17) is 23.7 Å². The lowest BCUT2D eigenvalue weighted by Crippen LogP contribution is -2.46. The first kappa shape index (κ1) is 23.2. The molecule has 2 aromatic rings. The predicted octanol–water partition coefficient (Wildman–Crippen LogP) is 2.20. The second-order valence-electron chi connectivity index (χ2n) is 7.79. The molecule has 2 atom stereocenters. The molecule has 1 N–H and O–H groups in total. The van der Waals surface area contributed by atoms with Crippen molar-refractivity contribution in [3.63, 3.8) is 0 Å². The van der Waals surface area contributed by atoms with Gasteiger partial charge in [-0.2, -0.15) is 0 Å². The fourth-order valence-corrected chi connectivity index (χ4v) is 4.34. The number of carbonyl (C=O) groups excluding carboxylic acids is 3. The van der Waals surface area contributed by atoms with E-state index in [2.05, 4.69) is 5.32 Å². The Morgan fingerprint density at radius 2 is 1.71 bits per heavy atom. The molecule has 10 heteroatoms. The lowest BCUT2D eigenvalue weighted by Gasteiger charge is -2.29. The number of amides is 2. The first-order valence-corrected chi connectivity index (χ1v) is 10.7. The minimum Gasteiger partial charge on any atom is -0.493 e. The van der Waals surface area contributed by atoms with Gasteiger partial charge in [0.15, 0.2) is 23.0 Å². The second kappa shape index (κ2) is 9.50. The maximum Gasteiger partial charge on any atom is 0.344 e. The Bertz CT molecular complexity index is 1130. The van der Waals surface area contributed by atoms with Crippen LogP contribution in [-0.2, 0) is 20.9 Å². The monoisotopic (exact) mass is 470 g/mol. The highest BCUT2D eigenvalue weighted by molar-refractivity contribution is 5.99. The Balaban J connectivity index is 1.55. The molecule has 2 aliphatic heterocycles. The van der Waals surface area contributed by atoms with E-state index in [1.807, 2.05) is 6.07 Å². The van der Waals surface area contributed by atoms with Crippen LogP contribution in [0.4, 0.5) is 0 Å². The molecule has 4 rings (SSSR count). The number of likely N-dealkylation sites (tertiary alicyclic amines) is 1. The number of fused-ring (bicyclic) bond motifs is 1. The van der Waals surface area contributed by atoms with Gasteiger partial charge < -0.3 is 29.0 Å². The fraction of sp³-hybridized carbons (Fsp3) is 0.375. The molecule has 0 saturated carbocycles. The van der Waals surface area contributed by atoms with Gasteiger partial charge in [0.25, 0.3) is 0 Å². The molecule has 2 heterocycles. The molecule has 0 unspecified atom stereocenters. The van der Waals surface area contributed by atoms with Crippen LogP contribution < -0.4 is 24.3 Å². The number of benzene rings is 2. The molecule has 0 spiro atoms. The highest BCUT2D eigenvalue weighted by Gasteiger charge is 2.47. The SMILES string of the molecule is COc1ccc(CNC(=O)[C@H]2CCC(=O)N2[C@H]2OC(=O)c3c2ccc(OC)c3OC)cc1OC. The lowest BCUT2D eigenvalue weighted by atomic mass is 10.0. The zero-order valence-electron chi connectivity index (χ0n) is 19.4. The van der Waals surface area contributed by atoms with Crippen molar-refractivity contribution in [2.45, 2.75) is 31.7 Å². The molecule has 1 saturated heterocycles. The highest BCUT2D eigenvalue weighted by Crippen LogP contribution is 2.45. The number of nitrogens with one attached hydrogen (secondary N) is 1. The van der Waals surface area contributed by atoms with Crippen LogP contribution in [0.5, 0.6) is 23.0 Å². The lowest BCUT2D eigenvalue weighted by molar-refractivity contribution is -0.145. The summed E-state index contributed by atoms with van der Waals surface area (Å²) in [5.41, 5.74) is 1.45. The van der Waals surface area contributed by atoms with Crippen molar-refractivity contribution in [2.24, 2.45) is 0 Å². The van der Waals surface area contributed by atoms with Gasteiger partial charge in [-0.15, -0.1) is 0 Å². The first-order chi connectivity index (χ1) is 16.4. The minimum atomic E-state index is -1.02. The van der Waals surface area contributed by atoms with E-state index < -0.39 is 18.2 Å². The Kier molecular flexibility index (Phi) is 6.49. The molecular formula is C24H26N2O8. The molecule has 2 amide bonds. The van der Waals surface area contributed by atoms with E-state index in [0.717, 1.165) is 5.56 Å². The third kappa shape index (κ3) is 3.95. The van der Waals surface area contributed by atoms with Gasteiger partial charge in [0.2, 0.25) is 18.0 Å². The summed E-state index contributed by atoms with van der Waals surface area (Å²) in [6.07, 6.45) is -0.535. The molecule has 10 nitrogen and oxygen atoms in total. The van der Waals surface area contributed by atoms with Crippen LogP contribution in [0.15, 0.2) is 30.3 Å². The zero-order chi connectivity index (χ0) is 24.4. The van der Waals surface area contributed by atoms with E-state index in [1.54, 1.807) is 31.4 Å². The Morgan fingerprint density at radius 1 is 1.00 bits per heavy atom. The van der Waals surface area contributed by atoms with Gasteiger partial charge in [0, 0.05) is 18.5 Å². The predicted molar refractivity (Wildman–Crippen MR) is 119 cm³/mol. The molecule has 0 radical (unpaired) electrons. The number of hydrogen-bond acceptors (Lipinski definition) is 8. The number of esters is 1. The minimum absolute atomic E-state index is 0.172. The summed E-state index contributed by atoms with van der Waals surface area (Å²) < 4.78 is 26.7. The van der Waals surface area contributed by atoms with Crippen LogP contribution in [0.25, 0.3) is 0 Å². The van der Waals surface area contributed by atoms with Gasteiger partial charge in [0.1, 0.15) is 11.6 Å². The molecule has 0 aliphatic carbocycles. The fourth-order valence-electron chi connectivity index (χ4n) is 4.34. The third-order valence-corrected chi connectivity index (χ3v) is 5.99. The van der Waals surface area contributed by atoms with Gasteiger partial charge in [0.05, 0.1) is 28.4 Å². The van der Waals surface area contributed by atoms with Crippen molar-refractivity contribution in [1.29, 1.82) is 0 Å². The number of rotatable bonds is 8. The highest BCUT2D eigenvalue weighted by atomic mass is 16.6. The van der Waals surface area contributed by atoms with Crippen LogP contribution in [-0.4, -0.2) is 57.2 Å². The van der Waals surface area contributed by atoms with Gasteiger partial charge >= 0.3 is 5.97 Å². The molecule has 1 fully saturated rings. The van der Waals surface area contributed by atoms with Crippen molar-refractivity contribution in [3.05, 3.63) is 47.0 Å². The molecule has 34 heavy (non-hydrogen) atoms. The van der Waals surface area contributed by atoms with E-state index in [1.165, 1.54) is 26.2 Å². The molecule has 180 valence electrons. The number of cyclic esters (lactones) is 1. The molecule has 2 aromatic carbocycles. The number of hydrogen-bond donors (Lipinski definition) is 1. The van der Waals surface area contributed by atoms with E-state index >= 15 is 0 Å². The molecular weight excluding hydrogens is 444 g/mol. The summed E-state index contributed by atoms with van der Waals surface area (Å²) in [5, 5.41) is 2.87. The number of nitrogens with zero attached hydrogens (tertiary/aromatic N) is 1. The Labute approximate surface area is 196 Å². The average Bonchev–Trinajstić information content (AvgIpc) is 3.40. The maximum absolute atomic E-state index is 13.1. The average molecular weight is 470 g/mol. The molecule has 2 aliphatic rings. The van der Waals surface area contributed by atoms with Crippen LogP contribution >= 0.6 is 0 Å². The van der Waals surface area contributed by atoms with Crippen LogP contribution in [0.2, 0.25) is 0 Å². The number of ether oxygens (including phenoxy) is 5. The van der Waals surface area contributed by atoms with Crippen LogP contribution in [0.3, 0.4) is 0 Å². The van der Waals surface area contributed by atoms with E-state index in [9.17, 15) is 14.4 Å². The van der Waals surface area contributed by atoms with Crippen molar-refractivity contribution >= 4 is 17.8 Å². The van der Waals surface area contributed by atoms with Crippen molar-refractivity contribution in [1.82, 2.24) is 10.2 Å². The summed E-state index contributed by atoms with van der Waals surface area (Å²) in [7, 11) is 5.97. The van der Waals surface area contributed by atoms with Crippen molar-refractivity contribution < 1.29 is 38.1 Å². The van der Waals surface area contributed by atoms with Gasteiger partial charge in [-0.1, -0.05) is 6.07 Å². The van der Waals surface area contributed by atoms with Gasteiger partial charge in [-0.25, -0.2) is 4.79 Å². The van der Waals surface area contributed by atoms with Crippen molar-refractivity contribution in [2.75, 3.05) is 28.4 Å². The van der Waals surface area contributed by atoms with E-state index in [0.29, 0.717) is 29.2 Å². The Hall–Kier alpha value is -3.95. The van der Waals surface area contributed by atoms with Crippen LogP contribution in [0.1, 0.15) is 40.6 Å². The standard InChI is InChI=1S/C24H26N2O8/c1-30-16-8-5-13(11-18(16)32-3)12-25-22(28)15-7-10-19(27)26(15)23-14-6-9-17(31-2)21(33-4)20(14)24(29)34-23/h5-6,8-9,11,15,23H,7,10,12H2,1-4H3,(H,25,28)/t15-,23+/m1/s1. The smallest absolute Gasteiger partial charge is 0.344 e.